The number of hydrogen-bond donors (Lipinski definition) is 3. The van der Waals surface area contributed by atoms with Crippen LogP contribution in [0.3, 0.4) is 0 Å². The summed E-state index contributed by atoms with van der Waals surface area (Å²) in [5, 5.41) is 20.7. The molecule has 0 bridgehead atoms. The third-order valence-corrected chi connectivity index (χ3v) is 1.95. The summed E-state index contributed by atoms with van der Waals surface area (Å²) in [7, 11) is 0. The molecule has 0 aromatic rings. The zero-order valence-electron chi connectivity index (χ0n) is 9.57. The number of aliphatic hydroxyl groups is 2. The van der Waals surface area contributed by atoms with Crippen molar-refractivity contribution >= 4 is 6.03 Å². The number of nitrogens with zero attached hydrogens (tertiary/aromatic N) is 1. The second kappa shape index (κ2) is 8.49. The first kappa shape index (κ1) is 14.2. The second-order valence-electron chi connectivity index (χ2n) is 3.60. The summed E-state index contributed by atoms with van der Waals surface area (Å²) in [6, 6.07) is -0.224. The lowest BCUT2D eigenvalue weighted by Crippen LogP contribution is -2.44. The lowest BCUT2D eigenvalue weighted by atomic mass is 10.3. The average Bonchev–Trinajstić information content (AvgIpc) is 2.17. The predicted octanol–water partition coefficient (Wildman–Crippen LogP) is 0.171. The zero-order chi connectivity index (χ0) is 11.7. The first-order chi connectivity index (χ1) is 7.11. The lowest BCUT2D eigenvalue weighted by Gasteiger charge is -2.23. The zero-order valence-corrected chi connectivity index (χ0v) is 9.57. The molecule has 0 aliphatic carbocycles. The van der Waals surface area contributed by atoms with Crippen molar-refractivity contribution in [1.29, 1.82) is 0 Å². The Morgan fingerprint density at radius 2 is 2.20 bits per heavy atom. The van der Waals surface area contributed by atoms with Gasteiger partial charge in [-0.2, -0.15) is 0 Å². The van der Waals surface area contributed by atoms with Crippen LogP contribution in [-0.2, 0) is 0 Å². The summed E-state index contributed by atoms with van der Waals surface area (Å²) < 4.78 is 0. The van der Waals surface area contributed by atoms with Crippen LogP contribution in [0.25, 0.3) is 0 Å². The molecule has 0 saturated carbocycles. The van der Waals surface area contributed by atoms with Gasteiger partial charge < -0.3 is 20.4 Å². The Kier molecular flexibility index (Phi) is 8.04. The van der Waals surface area contributed by atoms with Crippen LogP contribution in [0.1, 0.15) is 26.7 Å². The van der Waals surface area contributed by atoms with Crippen LogP contribution in [0, 0.1) is 0 Å². The van der Waals surface area contributed by atoms with Gasteiger partial charge in [-0.1, -0.05) is 13.3 Å². The van der Waals surface area contributed by atoms with Gasteiger partial charge in [0.2, 0.25) is 0 Å². The summed E-state index contributed by atoms with van der Waals surface area (Å²) >= 11 is 0. The number of aliphatic hydroxyl groups excluding tert-OH is 2. The molecule has 0 aromatic heterocycles. The first-order valence-electron chi connectivity index (χ1n) is 5.43. The Balaban J connectivity index is 3.92. The molecule has 5 nitrogen and oxygen atoms in total. The molecule has 0 aliphatic rings. The number of carbonyl (C=O) groups excluding carboxylic acids is 1. The Labute approximate surface area is 91.1 Å². The number of hydrogen-bond acceptors (Lipinski definition) is 3. The fourth-order valence-corrected chi connectivity index (χ4v) is 1.20. The van der Waals surface area contributed by atoms with Crippen LogP contribution in [0.2, 0.25) is 0 Å². The Bertz CT molecular complexity index is 174. The highest BCUT2D eigenvalue weighted by atomic mass is 16.3. The number of urea groups is 1. The summed E-state index contributed by atoms with van der Waals surface area (Å²) in [6.45, 7) is 4.71. The van der Waals surface area contributed by atoms with Crippen molar-refractivity contribution in [3.63, 3.8) is 0 Å². The average molecular weight is 218 g/mol. The molecular weight excluding hydrogens is 196 g/mol. The van der Waals surface area contributed by atoms with E-state index in [2.05, 4.69) is 5.32 Å². The minimum Gasteiger partial charge on any atom is -0.395 e. The van der Waals surface area contributed by atoms with Crippen molar-refractivity contribution in [2.45, 2.75) is 32.8 Å². The van der Waals surface area contributed by atoms with Gasteiger partial charge in [-0.3, -0.25) is 0 Å². The minimum absolute atomic E-state index is 0.0894. The van der Waals surface area contributed by atoms with Gasteiger partial charge in [0, 0.05) is 19.6 Å². The van der Waals surface area contributed by atoms with Crippen molar-refractivity contribution in [3.8, 4) is 0 Å². The van der Waals surface area contributed by atoms with Crippen LogP contribution in [0.4, 0.5) is 4.79 Å². The number of nitrogens with one attached hydrogen (secondary N) is 1. The van der Waals surface area contributed by atoms with Crippen molar-refractivity contribution < 1.29 is 15.0 Å². The van der Waals surface area contributed by atoms with E-state index in [9.17, 15) is 4.79 Å². The van der Waals surface area contributed by atoms with Crippen molar-refractivity contribution in [1.82, 2.24) is 10.2 Å². The van der Waals surface area contributed by atoms with Gasteiger partial charge in [-0.15, -0.1) is 0 Å². The van der Waals surface area contributed by atoms with Crippen molar-refractivity contribution in [3.05, 3.63) is 0 Å². The maximum atomic E-state index is 11.5. The molecule has 0 fully saturated rings. The van der Waals surface area contributed by atoms with E-state index in [4.69, 9.17) is 10.2 Å². The largest absolute Gasteiger partial charge is 0.395 e. The van der Waals surface area contributed by atoms with E-state index < -0.39 is 6.10 Å². The third-order valence-electron chi connectivity index (χ3n) is 1.95. The van der Waals surface area contributed by atoms with Gasteiger partial charge in [-0.05, 0) is 13.3 Å². The SMILES string of the molecule is CCCCNC(=O)N(CCO)CC(C)O. The molecule has 1 atom stereocenters. The van der Waals surface area contributed by atoms with Gasteiger partial charge in [0.25, 0.3) is 0 Å². The molecule has 0 rings (SSSR count). The highest BCUT2D eigenvalue weighted by Crippen LogP contribution is 1.94. The Morgan fingerprint density at radius 1 is 1.53 bits per heavy atom. The summed E-state index contributed by atoms with van der Waals surface area (Å²) in [6.07, 6.45) is 1.39. The molecule has 0 saturated heterocycles. The van der Waals surface area contributed by atoms with E-state index in [0.29, 0.717) is 6.54 Å². The maximum absolute atomic E-state index is 11.5. The Morgan fingerprint density at radius 3 is 2.67 bits per heavy atom. The first-order valence-corrected chi connectivity index (χ1v) is 5.43. The molecule has 0 aliphatic heterocycles. The van der Waals surface area contributed by atoms with Crippen LogP contribution in [0.5, 0.6) is 0 Å². The smallest absolute Gasteiger partial charge is 0.317 e. The fourth-order valence-electron chi connectivity index (χ4n) is 1.20. The normalized spacial score (nSPS) is 12.3. The molecule has 5 heteroatoms. The number of unbranched alkanes of at least 4 members (excludes halogenated alkanes) is 1. The lowest BCUT2D eigenvalue weighted by molar-refractivity contribution is 0.120. The molecule has 0 aromatic carbocycles. The summed E-state index contributed by atoms with van der Waals surface area (Å²) in [5.41, 5.74) is 0. The third kappa shape index (κ3) is 7.16. The summed E-state index contributed by atoms with van der Waals surface area (Å²) in [5.74, 6) is 0. The van der Waals surface area contributed by atoms with E-state index in [1.165, 1.54) is 4.90 Å². The Hall–Kier alpha value is -0.810. The van der Waals surface area contributed by atoms with E-state index in [1.54, 1.807) is 6.92 Å². The molecule has 2 amide bonds. The van der Waals surface area contributed by atoms with E-state index in [1.807, 2.05) is 6.92 Å². The van der Waals surface area contributed by atoms with Gasteiger partial charge in [-0.25, -0.2) is 4.79 Å². The minimum atomic E-state index is -0.575. The maximum Gasteiger partial charge on any atom is 0.317 e. The molecule has 1 unspecified atom stereocenters. The van der Waals surface area contributed by atoms with Gasteiger partial charge in [0.05, 0.1) is 12.7 Å². The highest BCUT2D eigenvalue weighted by Gasteiger charge is 2.13. The molecule has 90 valence electrons. The predicted molar refractivity (Wildman–Crippen MR) is 58.6 cm³/mol. The monoisotopic (exact) mass is 218 g/mol. The van der Waals surface area contributed by atoms with Gasteiger partial charge in [0.1, 0.15) is 0 Å². The van der Waals surface area contributed by atoms with E-state index >= 15 is 0 Å². The standard InChI is InChI=1S/C10H22N2O3/c1-3-4-5-11-10(15)12(6-7-13)8-9(2)14/h9,13-14H,3-8H2,1-2H3,(H,11,15). The molecule has 0 spiro atoms. The molecule has 15 heavy (non-hydrogen) atoms. The number of carbonyl (C=O) groups is 1. The number of rotatable bonds is 7. The molecule has 0 radical (unpaired) electrons. The van der Waals surface area contributed by atoms with Crippen LogP contribution < -0.4 is 5.32 Å². The van der Waals surface area contributed by atoms with Gasteiger partial charge >= 0.3 is 6.03 Å². The fraction of sp³-hybridized carbons (Fsp3) is 0.900. The van der Waals surface area contributed by atoms with Crippen molar-refractivity contribution in [2.75, 3.05) is 26.2 Å². The summed E-state index contributed by atoms with van der Waals surface area (Å²) in [4.78, 5) is 13.0. The van der Waals surface area contributed by atoms with Crippen LogP contribution in [0.15, 0.2) is 0 Å². The molecule has 0 heterocycles. The molecule has 3 N–H and O–H groups in total. The van der Waals surface area contributed by atoms with Crippen LogP contribution >= 0.6 is 0 Å². The highest BCUT2D eigenvalue weighted by molar-refractivity contribution is 5.74. The van der Waals surface area contributed by atoms with Crippen molar-refractivity contribution in [2.24, 2.45) is 0 Å². The quantitative estimate of drug-likeness (QED) is 0.533. The second-order valence-corrected chi connectivity index (χ2v) is 3.60. The van der Waals surface area contributed by atoms with E-state index in [0.717, 1.165) is 12.8 Å². The van der Waals surface area contributed by atoms with Crippen LogP contribution in [-0.4, -0.2) is 53.5 Å². The van der Waals surface area contributed by atoms with Gasteiger partial charge in [0.15, 0.2) is 0 Å². The number of amides is 2. The van der Waals surface area contributed by atoms with E-state index in [-0.39, 0.29) is 25.7 Å². The topological polar surface area (TPSA) is 72.8 Å². The molecular formula is C10H22N2O3.